The van der Waals surface area contributed by atoms with E-state index >= 15 is 0 Å². The van der Waals surface area contributed by atoms with Gasteiger partial charge in [0.25, 0.3) is 0 Å². The normalized spacial score (nSPS) is 24.1. The highest BCUT2D eigenvalue weighted by molar-refractivity contribution is 6.42. The Balaban J connectivity index is 1.38. The van der Waals surface area contributed by atoms with Gasteiger partial charge in [-0.1, -0.05) is 47.8 Å². The van der Waals surface area contributed by atoms with Crippen LogP contribution in [0.15, 0.2) is 36.4 Å². The van der Waals surface area contributed by atoms with E-state index in [1.165, 1.54) is 68.4 Å². The first kappa shape index (κ1) is 21.6. The van der Waals surface area contributed by atoms with Crippen LogP contribution in [0, 0.1) is 0 Å². The van der Waals surface area contributed by atoms with Crippen LogP contribution >= 0.6 is 23.2 Å². The smallest absolute Gasteiger partial charge is 0.123 e. The van der Waals surface area contributed by atoms with Crippen LogP contribution in [0.2, 0.25) is 10.0 Å². The van der Waals surface area contributed by atoms with Crippen LogP contribution in [0.1, 0.15) is 67.2 Å². The molecule has 0 aliphatic carbocycles. The van der Waals surface area contributed by atoms with E-state index in [2.05, 4.69) is 34.1 Å². The van der Waals surface area contributed by atoms with E-state index in [-0.39, 0.29) is 5.92 Å². The molecule has 0 radical (unpaired) electrons. The number of fused-ring (bicyclic) bond motifs is 3. The summed E-state index contributed by atoms with van der Waals surface area (Å²) in [6, 6.07) is 13.3. The molecule has 2 fully saturated rings. The fraction of sp³-hybridized carbons (Fsp3) is 0.538. The topological polar surface area (TPSA) is 15.7 Å². The zero-order chi connectivity index (χ0) is 21.2. The summed E-state index contributed by atoms with van der Waals surface area (Å²) < 4.78 is 6.45. The highest BCUT2D eigenvalue weighted by Crippen LogP contribution is 2.48. The van der Waals surface area contributed by atoms with Crippen molar-refractivity contribution in [2.24, 2.45) is 0 Å². The second-order valence-electron chi connectivity index (χ2n) is 9.24. The Hall–Kier alpha value is -1.26. The Morgan fingerprint density at radius 2 is 1.81 bits per heavy atom. The molecule has 0 amide bonds. The van der Waals surface area contributed by atoms with Gasteiger partial charge in [0.1, 0.15) is 5.75 Å². The summed E-state index contributed by atoms with van der Waals surface area (Å²) in [6.45, 7) is 6.60. The number of hydrogen-bond acceptors (Lipinski definition) is 3. The molecular weight excluding hydrogens is 427 g/mol. The van der Waals surface area contributed by atoms with Gasteiger partial charge in [-0.2, -0.15) is 0 Å². The molecule has 0 bridgehead atoms. The Kier molecular flexibility index (Phi) is 6.75. The predicted molar refractivity (Wildman–Crippen MR) is 129 cm³/mol. The summed E-state index contributed by atoms with van der Waals surface area (Å²) in [4.78, 5) is 5.22. The second kappa shape index (κ2) is 9.70. The number of rotatable bonds is 6. The van der Waals surface area contributed by atoms with E-state index in [4.69, 9.17) is 27.9 Å². The zero-order valence-corrected chi connectivity index (χ0v) is 19.7. The van der Waals surface area contributed by atoms with Crippen molar-refractivity contribution in [3.05, 3.63) is 63.1 Å². The Morgan fingerprint density at radius 1 is 0.935 bits per heavy atom. The quantitative estimate of drug-likeness (QED) is 0.457. The zero-order valence-electron chi connectivity index (χ0n) is 18.2. The van der Waals surface area contributed by atoms with Gasteiger partial charge in [0.05, 0.1) is 16.7 Å². The molecule has 3 heterocycles. The van der Waals surface area contributed by atoms with E-state index < -0.39 is 0 Å². The van der Waals surface area contributed by atoms with E-state index in [0.717, 1.165) is 31.9 Å². The van der Waals surface area contributed by atoms with Gasteiger partial charge < -0.3 is 9.64 Å². The lowest BCUT2D eigenvalue weighted by Crippen LogP contribution is -2.35. The molecule has 3 aliphatic rings. The number of likely N-dealkylation sites (tertiary alicyclic amines) is 1. The van der Waals surface area contributed by atoms with Crippen LogP contribution in [-0.2, 0) is 0 Å². The summed E-state index contributed by atoms with van der Waals surface area (Å²) in [6.07, 6.45) is 7.65. The molecule has 0 saturated carbocycles. The molecule has 0 aromatic heterocycles. The third-order valence-electron chi connectivity index (χ3n) is 7.26. The van der Waals surface area contributed by atoms with Gasteiger partial charge in [0.2, 0.25) is 0 Å². The molecule has 5 heteroatoms. The third kappa shape index (κ3) is 4.61. The fourth-order valence-electron chi connectivity index (χ4n) is 5.73. The molecule has 2 unspecified atom stereocenters. The van der Waals surface area contributed by atoms with Gasteiger partial charge in [0.15, 0.2) is 0 Å². The van der Waals surface area contributed by atoms with Crippen molar-refractivity contribution in [2.45, 2.75) is 50.5 Å². The third-order valence-corrected chi connectivity index (χ3v) is 8.00. The van der Waals surface area contributed by atoms with Crippen LogP contribution in [0.25, 0.3) is 0 Å². The van der Waals surface area contributed by atoms with Gasteiger partial charge in [-0.05, 0) is 81.1 Å². The molecule has 2 aromatic rings. The minimum Gasteiger partial charge on any atom is -0.493 e. The predicted octanol–water partition coefficient (Wildman–Crippen LogP) is 6.53. The van der Waals surface area contributed by atoms with Crippen molar-refractivity contribution in [2.75, 3.05) is 39.3 Å². The monoisotopic (exact) mass is 458 g/mol. The van der Waals surface area contributed by atoms with E-state index in [9.17, 15) is 0 Å². The highest BCUT2D eigenvalue weighted by Gasteiger charge is 2.38. The minimum absolute atomic E-state index is 0.261. The molecule has 5 rings (SSSR count). The molecular formula is C26H32Cl2N2O. The second-order valence-corrected chi connectivity index (χ2v) is 10.1. The van der Waals surface area contributed by atoms with Gasteiger partial charge in [-0.15, -0.1) is 0 Å². The van der Waals surface area contributed by atoms with Crippen LogP contribution in [0.4, 0.5) is 0 Å². The minimum atomic E-state index is 0.261. The average Bonchev–Trinajstić information content (AvgIpc) is 3.28. The van der Waals surface area contributed by atoms with Gasteiger partial charge in [-0.25, -0.2) is 0 Å². The van der Waals surface area contributed by atoms with E-state index in [0.29, 0.717) is 16.1 Å². The molecule has 3 nitrogen and oxygen atoms in total. The van der Waals surface area contributed by atoms with E-state index in [1.807, 2.05) is 12.1 Å². The van der Waals surface area contributed by atoms with Crippen LogP contribution in [0.3, 0.4) is 0 Å². The molecule has 3 aliphatic heterocycles. The van der Waals surface area contributed by atoms with Crippen molar-refractivity contribution in [1.82, 2.24) is 9.80 Å². The summed E-state index contributed by atoms with van der Waals surface area (Å²) in [5.41, 5.74) is 4.03. The summed E-state index contributed by atoms with van der Waals surface area (Å²) in [5, 5.41) is 1.24. The van der Waals surface area contributed by atoms with Gasteiger partial charge >= 0.3 is 0 Å². The maximum absolute atomic E-state index is 6.45. The molecule has 0 spiro atoms. The SMILES string of the molecule is Clc1ccc(C2CN3CCCC3c3cccc(OCCCN4CCCCC4)c32)cc1Cl. The van der Waals surface area contributed by atoms with Gasteiger partial charge in [-0.3, -0.25) is 4.90 Å². The first-order valence-electron chi connectivity index (χ1n) is 11.9. The lowest BCUT2D eigenvalue weighted by molar-refractivity contribution is 0.200. The Bertz CT molecular complexity index is 912. The molecule has 2 saturated heterocycles. The highest BCUT2D eigenvalue weighted by atomic mass is 35.5. The fourth-order valence-corrected chi connectivity index (χ4v) is 6.03. The van der Waals surface area contributed by atoms with Crippen molar-refractivity contribution >= 4 is 23.2 Å². The van der Waals surface area contributed by atoms with Crippen molar-refractivity contribution in [3.8, 4) is 5.75 Å². The largest absolute Gasteiger partial charge is 0.493 e. The summed E-state index contributed by atoms with van der Waals surface area (Å²) >= 11 is 12.6. The lowest BCUT2D eigenvalue weighted by Gasteiger charge is -2.38. The Labute approximate surface area is 196 Å². The van der Waals surface area contributed by atoms with Crippen LogP contribution in [-0.4, -0.2) is 49.1 Å². The average molecular weight is 459 g/mol. The number of halogens is 2. The summed E-state index contributed by atoms with van der Waals surface area (Å²) in [7, 11) is 0. The van der Waals surface area contributed by atoms with Crippen molar-refractivity contribution in [1.29, 1.82) is 0 Å². The number of benzene rings is 2. The molecule has 2 atom stereocenters. The molecule has 166 valence electrons. The van der Waals surface area contributed by atoms with Crippen molar-refractivity contribution < 1.29 is 4.74 Å². The standard InChI is InChI=1S/C26H32Cl2N2O/c27-22-11-10-19(17-23(22)28)21-18-30-15-5-8-24(30)20-7-4-9-25(26(20)21)31-16-6-14-29-12-2-1-3-13-29/h4,7,9-11,17,21,24H,1-3,5-6,8,12-16,18H2. The van der Waals surface area contributed by atoms with Crippen LogP contribution < -0.4 is 4.74 Å². The van der Waals surface area contributed by atoms with Crippen molar-refractivity contribution in [3.63, 3.8) is 0 Å². The number of piperidine rings is 1. The maximum Gasteiger partial charge on any atom is 0.123 e. The molecule has 2 aromatic carbocycles. The Morgan fingerprint density at radius 3 is 2.65 bits per heavy atom. The lowest BCUT2D eigenvalue weighted by atomic mass is 9.81. The molecule has 31 heavy (non-hydrogen) atoms. The number of ether oxygens (including phenoxy) is 1. The van der Waals surface area contributed by atoms with E-state index in [1.54, 1.807) is 0 Å². The summed E-state index contributed by atoms with van der Waals surface area (Å²) in [5.74, 6) is 1.32. The van der Waals surface area contributed by atoms with Gasteiger partial charge in [0, 0.05) is 30.6 Å². The first-order chi connectivity index (χ1) is 15.2. The number of hydrogen-bond donors (Lipinski definition) is 0. The first-order valence-corrected chi connectivity index (χ1v) is 12.6. The van der Waals surface area contributed by atoms with Crippen LogP contribution in [0.5, 0.6) is 5.75 Å². The maximum atomic E-state index is 6.45. The number of nitrogens with zero attached hydrogens (tertiary/aromatic N) is 2. The molecule has 0 N–H and O–H groups in total.